The Morgan fingerprint density at radius 3 is 2.73 bits per heavy atom. The highest BCUT2D eigenvalue weighted by Gasteiger charge is 2.28. The van der Waals surface area contributed by atoms with Crippen LogP contribution in [0.25, 0.3) is 0 Å². The maximum absolute atomic E-state index is 13.6. The molecule has 1 N–H and O–H groups in total. The third kappa shape index (κ3) is 4.27. The Bertz CT molecular complexity index is 623. The summed E-state index contributed by atoms with van der Waals surface area (Å²) in [4.78, 5) is 16.1. The first-order chi connectivity index (χ1) is 10.4. The molecule has 0 bridgehead atoms. The van der Waals surface area contributed by atoms with Gasteiger partial charge in [0.2, 0.25) is 0 Å². The van der Waals surface area contributed by atoms with E-state index in [0.29, 0.717) is 5.69 Å². The molecule has 1 amide bonds. The predicted molar refractivity (Wildman–Crippen MR) is 84.7 cm³/mol. The molecule has 1 atom stereocenters. The molecule has 1 aromatic carbocycles. The van der Waals surface area contributed by atoms with E-state index in [0.717, 1.165) is 0 Å². The summed E-state index contributed by atoms with van der Waals surface area (Å²) in [5.74, 6) is -0.487. The van der Waals surface area contributed by atoms with Crippen molar-refractivity contribution in [1.29, 1.82) is 0 Å². The first-order valence-electron chi connectivity index (χ1n) is 6.94. The molecule has 1 heterocycles. The summed E-state index contributed by atoms with van der Waals surface area (Å²) in [6.07, 6.45) is 0. The van der Waals surface area contributed by atoms with E-state index in [1.54, 1.807) is 29.1 Å². The highest BCUT2D eigenvalue weighted by Crippen LogP contribution is 2.22. The number of nitrogens with zero attached hydrogens (tertiary/aromatic N) is 1. The first-order valence-corrected chi connectivity index (χ1v) is 7.88. The summed E-state index contributed by atoms with van der Waals surface area (Å²) < 4.78 is 19.1. The number of thiazole rings is 1. The van der Waals surface area contributed by atoms with Crippen molar-refractivity contribution >= 4 is 17.2 Å². The molecule has 22 heavy (non-hydrogen) atoms. The van der Waals surface area contributed by atoms with Gasteiger partial charge >= 0.3 is 0 Å². The monoisotopic (exact) mass is 322 g/mol. The summed E-state index contributed by atoms with van der Waals surface area (Å²) in [6, 6.07) is 5.94. The van der Waals surface area contributed by atoms with E-state index in [1.807, 2.05) is 20.8 Å². The van der Waals surface area contributed by atoms with Crippen LogP contribution in [0.5, 0.6) is 5.75 Å². The van der Waals surface area contributed by atoms with E-state index in [9.17, 15) is 9.18 Å². The number of hydrogen-bond acceptors (Lipinski definition) is 4. The number of ether oxygens (including phenoxy) is 1. The van der Waals surface area contributed by atoms with Crippen molar-refractivity contribution in [3.8, 4) is 5.75 Å². The lowest BCUT2D eigenvalue weighted by molar-refractivity contribution is 0.0856. The topological polar surface area (TPSA) is 51.2 Å². The second-order valence-electron chi connectivity index (χ2n) is 6.01. The van der Waals surface area contributed by atoms with Gasteiger partial charge in [0.25, 0.3) is 5.91 Å². The molecule has 0 aliphatic heterocycles. The lowest BCUT2D eigenvalue weighted by Crippen LogP contribution is -2.47. The van der Waals surface area contributed by atoms with E-state index >= 15 is 0 Å². The predicted octanol–water partition coefficient (Wildman–Crippen LogP) is 3.51. The zero-order valence-corrected chi connectivity index (χ0v) is 13.6. The molecule has 2 rings (SSSR count). The molecule has 0 saturated heterocycles. The van der Waals surface area contributed by atoms with Crippen molar-refractivity contribution in [2.45, 2.75) is 26.8 Å². The molecular weight excluding hydrogens is 303 g/mol. The Hall–Kier alpha value is -1.95. The number of halogens is 1. The number of amides is 1. The van der Waals surface area contributed by atoms with Crippen molar-refractivity contribution in [2.75, 3.05) is 6.61 Å². The van der Waals surface area contributed by atoms with Crippen LogP contribution in [-0.4, -0.2) is 23.5 Å². The molecule has 0 spiro atoms. The number of carbonyl (C=O) groups excluding carboxylic acids is 1. The number of carbonyl (C=O) groups is 1. The van der Waals surface area contributed by atoms with Crippen molar-refractivity contribution < 1.29 is 13.9 Å². The third-order valence-electron chi connectivity index (χ3n) is 3.26. The van der Waals surface area contributed by atoms with E-state index in [-0.39, 0.29) is 29.7 Å². The summed E-state index contributed by atoms with van der Waals surface area (Å²) >= 11 is 1.36. The number of nitrogens with one attached hydrogen (secondary N) is 1. The maximum atomic E-state index is 13.6. The van der Waals surface area contributed by atoms with Crippen molar-refractivity contribution in [3.63, 3.8) is 0 Å². The Kier molecular flexibility index (Phi) is 5.13. The van der Waals surface area contributed by atoms with Crippen LogP contribution in [-0.2, 0) is 0 Å². The maximum Gasteiger partial charge on any atom is 0.271 e. The lowest BCUT2D eigenvalue weighted by atomic mass is 9.87. The number of hydrogen-bond donors (Lipinski definition) is 1. The fraction of sp³-hybridized carbons (Fsp3) is 0.375. The number of aromatic nitrogens is 1. The minimum atomic E-state index is -0.416. The second-order valence-corrected chi connectivity index (χ2v) is 6.73. The minimum absolute atomic E-state index is 0.180. The average Bonchev–Trinajstić information content (AvgIpc) is 2.97. The molecule has 0 saturated carbocycles. The van der Waals surface area contributed by atoms with Crippen LogP contribution >= 0.6 is 11.3 Å². The standard InChI is InChI=1S/C16H19FN2O2S/c1-16(2,3)14(19-15(20)12-9-22-10-18-12)8-21-13-7-5-4-6-11(13)17/h4-7,9-10,14H,8H2,1-3H3,(H,19,20). The molecule has 4 nitrogen and oxygen atoms in total. The van der Waals surface area contributed by atoms with Crippen LogP contribution in [0.1, 0.15) is 31.3 Å². The summed E-state index contributed by atoms with van der Waals surface area (Å²) in [5.41, 5.74) is 1.75. The molecular formula is C16H19FN2O2S. The van der Waals surface area contributed by atoms with Crippen LogP contribution in [0.2, 0.25) is 0 Å². The van der Waals surface area contributed by atoms with Crippen LogP contribution in [0, 0.1) is 11.2 Å². The normalized spacial score (nSPS) is 12.7. The van der Waals surface area contributed by atoms with Gasteiger partial charge in [0.15, 0.2) is 11.6 Å². The molecule has 6 heteroatoms. The van der Waals surface area contributed by atoms with Gasteiger partial charge in [0.05, 0.1) is 11.6 Å². The summed E-state index contributed by atoms with van der Waals surface area (Å²) in [5, 5.41) is 4.59. The van der Waals surface area contributed by atoms with Crippen LogP contribution in [0.3, 0.4) is 0 Å². The molecule has 0 aliphatic rings. The van der Waals surface area contributed by atoms with Gasteiger partial charge in [-0.2, -0.15) is 0 Å². The smallest absolute Gasteiger partial charge is 0.271 e. The van der Waals surface area contributed by atoms with Gasteiger partial charge in [0.1, 0.15) is 12.3 Å². The Balaban J connectivity index is 2.04. The van der Waals surface area contributed by atoms with Crippen LogP contribution in [0.4, 0.5) is 4.39 Å². The number of rotatable bonds is 5. The zero-order chi connectivity index (χ0) is 16.2. The Labute approximate surface area is 133 Å². The van der Waals surface area contributed by atoms with E-state index in [1.165, 1.54) is 17.4 Å². The van der Waals surface area contributed by atoms with Gasteiger partial charge < -0.3 is 10.1 Å². The van der Waals surface area contributed by atoms with E-state index in [2.05, 4.69) is 10.3 Å². The molecule has 0 radical (unpaired) electrons. The lowest BCUT2D eigenvalue weighted by Gasteiger charge is -2.31. The van der Waals surface area contributed by atoms with Gasteiger partial charge in [-0.15, -0.1) is 11.3 Å². The first kappa shape index (κ1) is 16.4. The second kappa shape index (κ2) is 6.87. The van der Waals surface area contributed by atoms with E-state index in [4.69, 9.17) is 4.74 Å². The summed E-state index contributed by atoms with van der Waals surface area (Å²) in [6.45, 7) is 6.15. The molecule has 2 aromatic rings. The molecule has 0 aliphatic carbocycles. The number of benzene rings is 1. The SMILES string of the molecule is CC(C)(C)C(COc1ccccc1F)NC(=O)c1cscn1. The van der Waals surface area contributed by atoms with Crippen LogP contribution < -0.4 is 10.1 Å². The van der Waals surface area contributed by atoms with Gasteiger partial charge in [-0.3, -0.25) is 4.79 Å². The third-order valence-corrected chi connectivity index (χ3v) is 3.84. The molecule has 1 aromatic heterocycles. The number of para-hydroxylation sites is 1. The quantitative estimate of drug-likeness (QED) is 0.916. The van der Waals surface area contributed by atoms with E-state index < -0.39 is 5.82 Å². The van der Waals surface area contributed by atoms with Crippen molar-refractivity contribution in [1.82, 2.24) is 10.3 Å². The molecule has 118 valence electrons. The fourth-order valence-electron chi connectivity index (χ4n) is 1.80. The Morgan fingerprint density at radius 2 is 2.14 bits per heavy atom. The van der Waals surface area contributed by atoms with Gasteiger partial charge in [-0.25, -0.2) is 9.37 Å². The van der Waals surface area contributed by atoms with Crippen molar-refractivity contribution in [3.05, 3.63) is 46.7 Å². The summed E-state index contributed by atoms with van der Waals surface area (Å²) in [7, 11) is 0. The fourth-order valence-corrected chi connectivity index (χ4v) is 2.33. The highest BCUT2D eigenvalue weighted by molar-refractivity contribution is 7.07. The van der Waals surface area contributed by atoms with Gasteiger partial charge in [0, 0.05) is 5.38 Å². The highest BCUT2D eigenvalue weighted by atomic mass is 32.1. The molecule has 1 unspecified atom stereocenters. The Morgan fingerprint density at radius 1 is 1.41 bits per heavy atom. The van der Waals surface area contributed by atoms with Crippen LogP contribution in [0.15, 0.2) is 35.2 Å². The van der Waals surface area contributed by atoms with Gasteiger partial charge in [-0.1, -0.05) is 32.9 Å². The minimum Gasteiger partial charge on any atom is -0.488 e. The van der Waals surface area contributed by atoms with Gasteiger partial charge in [-0.05, 0) is 17.5 Å². The zero-order valence-electron chi connectivity index (χ0n) is 12.8. The average molecular weight is 322 g/mol. The van der Waals surface area contributed by atoms with Crippen molar-refractivity contribution in [2.24, 2.45) is 5.41 Å². The molecule has 0 fully saturated rings. The largest absolute Gasteiger partial charge is 0.488 e.